The molecule has 1 unspecified atom stereocenters. The summed E-state index contributed by atoms with van der Waals surface area (Å²) in [5.74, 6) is 0.479. The zero-order valence-electron chi connectivity index (χ0n) is 14.1. The van der Waals surface area contributed by atoms with Crippen molar-refractivity contribution in [3.8, 4) is 0 Å². The van der Waals surface area contributed by atoms with Gasteiger partial charge in [-0.2, -0.15) is 0 Å². The van der Waals surface area contributed by atoms with Crippen molar-refractivity contribution >= 4 is 5.97 Å². The highest BCUT2D eigenvalue weighted by molar-refractivity contribution is 5.79. The molecule has 4 heteroatoms. The molecular formula is C16H34N2O2. The summed E-state index contributed by atoms with van der Waals surface area (Å²) in [5.41, 5.74) is 5.18. The summed E-state index contributed by atoms with van der Waals surface area (Å²) in [7, 11) is 0. The van der Waals surface area contributed by atoms with Crippen molar-refractivity contribution in [1.29, 1.82) is 0 Å². The van der Waals surface area contributed by atoms with E-state index < -0.39 is 5.54 Å². The normalized spacial score (nSPS) is 14.6. The van der Waals surface area contributed by atoms with Gasteiger partial charge in [0.15, 0.2) is 0 Å². The van der Waals surface area contributed by atoms with Gasteiger partial charge in [0.25, 0.3) is 0 Å². The number of nitrogens with two attached hydrogens (primary N) is 1. The molecule has 0 bridgehead atoms. The quantitative estimate of drug-likeness (QED) is 0.593. The average molecular weight is 286 g/mol. The summed E-state index contributed by atoms with van der Waals surface area (Å²) in [6.07, 6.45) is 4.06. The maximum atomic E-state index is 11.7. The first-order valence-electron chi connectivity index (χ1n) is 8.09. The molecule has 0 amide bonds. The third-order valence-corrected chi connectivity index (χ3v) is 4.03. The lowest BCUT2D eigenvalue weighted by Crippen LogP contribution is -2.46. The van der Waals surface area contributed by atoms with Crippen molar-refractivity contribution in [3.63, 3.8) is 0 Å². The maximum absolute atomic E-state index is 11.7. The Kier molecular flexibility index (Phi) is 9.86. The second-order valence-electron chi connectivity index (χ2n) is 5.82. The Morgan fingerprint density at radius 3 is 2.30 bits per heavy atom. The first-order valence-corrected chi connectivity index (χ1v) is 8.09. The lowest BCUT2D eigenvalue weighted by Gasteiger charge is -2.27. The Labute approximate surface area is 125 Å². The number of esters is 1. The molecule has 0 aromatic carbocycles. The first-order chi connectivity index (χ1) is 9.41. The van der Waals surface area contributed by atoms with E-state index in [-0.39, 0.29) is 5.97 Å². The number of hydrogen-bond donors (Lipinski definition) is 1. The highest BCUT2D eigenvalue weighted by atomic mass is 16.5. The zero-order valence-corrected chi connectivity index (χ0v) is 14.1. The second kappa shape index (κ2) is 10.2. The predicted octanol–water partition coefficient (Wildman–Crippen LogP) is 2.81. The predicted molar refractivity (Wildman–Crippen MR) is 84.6 cm³/mol. The van der Waals surface area contributed by atoms with E-state index in [0.717, 1.165) is 32.0 Å². The summed E-state index contributed by atoms with van der Waals surface area (Å²) in [6.45, 7) is 13.8. The standard InChI is InChI=1S/C16H34N2O2/c1-6-14(7-2)13-18(8-3)12-10-11-16(5,17)15(19)20-9-4/h14H,6-13,17H2,1-5H3. The molecule has 0 aliphatic carbocycles. The van der Waals surface area contributed by atoms with Crippen LogP contribution >= 0.6 is 0 Å². The molecule has 2 N–H and O–H groups in total. The Hall–Kier alpha value is -0.610. The van der Waals surface area contributed by atoms with E-state index in [2.05, 4.69) is 25.7 Å². The Morgan fingerprint density at radius 1 is 1.25 bits per heavy atom. The van der Waals surface area contributed by atoms with Gasteiger partial charge in [-0.05, 0) is 45.7 Å². The highest BCUT2D eigenvalue weighted by Gasteiger charge is 2.29. The lowest BCUT2D eigenvalue weighted by molar-refractivity contribution is -0.149. The minimum atomic E-state index is -0.857. The van der Waals surface area contributed by atoms with Crippen LogP contribution in [0.15, 0.2) is 0 Å². The van der Waals surface area contributed by atoms with Crippen LogP contribution in [0, 0.1) is 5.92 Å². The fourth-order valence-electron chi connectivity index (χ4n) is 2.36. The molecule has 0 saturated heterocycles. The Balaban J connectivity index is 4.15. The van der Waals surface area contributed by atoms with E-state index in [0.29, 0.717) is 13.0 Å². The number of nitrogens with zero attached hydrogens (tertiary/aromatic N) is 1. The van der Waals surface area contributed by atoms with Gasteiger partial charge in [-0.3, -0.25) is 4.79 Å². The maximum Gasteiger partial charge on any atom is 0.325 e. The van der Waals surface area contributed by atoms with Gasteiger partial charge in [-0.1, -0.05) is 33.6 Å². The molecular weight excluding hydrogens is 252 g/mol. The van der Waals surface area contributed by atoms with Crippen molar-refractivity contribution in [2.75, 3.05) is 26.2 Å². The molecule has 0 aliphatic heterocycles. The van der Waals surface area contributed by atoms with Crippen molar-refractivity contribution in [2.45, 2.75) is 65.8 Å². The minimum absolute atomic E-state index is 0.289. The lowest BCUT2D eigenvalue weighted by atomic mass is 9.97. The van der Waals surface area contributed by atoms with Gasteiger partial charge in [-0.25, -0.2) is 0 Å². The summed E-state index contributed by atoms with van der Waals surface area (Å²) in [5, 5.41) is 0. The van der Waals surface area contributed by atoms with Crippen molar-refractivity contribution in [1.82, 2.24) is 4.90 Å². The van der Waals surface area contributed by atoms with Gasteiger partial charge in [0.2, 0.25) is 0 Å². The van der Waals surface area contributed by atoms with Crippen LogP contribution in [0.25, 0.3) is 0 Å². The third kappa shape index (κ3) is 7.25. The number of carbonyl (C=O) groups is 1. The van der Waals surface area contributed by atoms with Crippen LogP contribution in [0.2, 0.25) is 0 Å². The van der Waals surface area contributed by atoms with Crippen LogP contribution in [0.4, 0.5) is 0 Å². The van der Waals surface area contributed by atoms with Crippen molar-refractivity contribution in [3.05, 3.63) is 0 Å². The van der Waals surface area contributed by atoms with Crippen LogP contribution < -0.4 is 5.73 Å². The van der Waals surface area contributed by atoms with Gasteiger partial charge < -0.3 is 15.4 Å². The fraction of sp³-hybridized carbons (Fsp3) is 0.938. The first kappa shape index (κ1) is 19.4. The molecule has 0 aliphatic rings. The van der Waals surface area contributed by atoms with Crippen LogP contribution in [-0.2, 0) is 9.53 Å². The topological polar surface area (TPSA) is 55.6 Å². The smallest absolute Gasteiger partial charge is 0.325 e. The SMILES string of the molecule is CCOC(=O)C(C)(N)CCCN(CC)CC(CC)CC. The molecule has 1 atom stereocenters. The average Bonchev–Trinajstić information content (AvgIpc) is 2.42. The summed E-state index contributed by atoms with van der Waals surface area (Å²) in [4.78, 5) is 14.2. The molecule has 0 fully saturated rings. The van der Waals surface area contributed by atoms with E-state index in [1.165, 1.54) is 12.8 Å². The minimum Gasteiger partial charge on any atom is -0.465 e. The number of rotatable bonds is 11. The van der Waals surface area contributed by atoms with Crippen molar-refractivity contribution < 1.29 is 9.53 Å². The Bertz CT molecular complexity index is 263. The van der Waals surface area contributed by atoms with Crippen LogP contribution in [0.1, 0.15) is 60.3 Å². The zero-order chi connectivity index (χ0) is 15.6. The largest absolute Gasteiger partial charge is 0.465 e. The van der Waals surface area contributed by atoms with Gasteiger partial charge in [0.1, 0.15) is 5.54 Å². The Morgan fingerprint density at radius 2 is 1.85 bits per heavy atom. The van der Waals surface area contributed by atoms with Crippen LogP contribution in [0.5, 0.6) is 0 Å². The number of carbonyl (C=O) groups excluding carboxylic acids is 1. The van der Waals surface area contributed by atoms with Gasteiger partial charge in [0, 0.05) is 6.54 Å². The molecule has 0 saturated carbocycles. The van der Waals surface area contributed by atoms with Gasteiger partial charge in [-0.15, -0.1) is 0 Å². The van der Waals surface area contributed by atoms with E-state index in [1.54, 1.807) is 6.92 Å². The monoisotopic (exact) mass is 286 g/mol. The molecule has 0 rings (SSSR count). The van der Waals surface area contributed by atoms with Gasteiger partial charge in [0.05, 0.1) is 6.61 Å². The second-order valence-corrected chi connectivity index (χ2v) is 5.82. The molecule has 0 heterocycles. The summed E-state index contributed by atoms with van der Waals surface area (Å²) >= 11 is 0. The van der Waals surface area contributed by atoms with Crippen LogP contribution in [0.3, 0.4) is 0 Å². The molecule has 0 aromatic heterocycles. The van der Waals surface area contributed by atoms with E-state index in [4.69, 9.17) is 10.5 Å². The molecule has 120 valence electrons. The van der Waals surface area contributed by atoms with E-state index >= 15 is 0 Å². The summed E-state index contributed by atoms with van der Waals surface area (Å²) in [6, 6.07) is 0. The van der Waals surface area contributed by atoms with E-state index in [1.807, 2.05) is 6.92 Å². The molecule has 4 nitrogen and oxygen atoms in total. The molecule has 0 radical (unpaired) electrons. The van der Waals surface area contributed by atoms with E-state index in [9.17, 15) is 4.79 Å². The molecule has 0 spiro atoms. The molecule has 20 heavy (non-hydrogen) atoms. The highest BCUT2D eigenvalue weighted by Crippen LogP contribution is 2.14. The number of hydrogen-bond acceptors (Lipinski definition) is 4. The number of ether oxygens (including phenoxy) is 1. The van der Waals surface area contributed by atoms with Crippen LogP contribution in [-0.4, -0.2) is 42.6 Å². The van der Waals surface area contributed by atoms with Gasteiger partial charge >= 0.3 is 5.97 Å². The fourth-order valence-corrected chi connectivity index (χ4v) is 2.36. The van der Waals surface area contributed by atoms with Crippen molar-refractivity contribution in [2.24, 2.45) is 11.7 Å². The summed E-state index contributed by atoms with van der Waals surface area (Å²) < 4.78 is 5.01. The third-order valence-electron chi connectivity index (χ3n) is 4.03. The molecule has 0 aromatic rings.